The van der Waals surface area contributed by atoms with Crippen LogP contribution in [0.4, 0.5) is 15.9 Å². The maximum Gasteiger partial charge on any atom is 0.258 e. The molecule has 1 aromatic heterocycles. The summed E-state index contributed by atoms with van der Waals surface area (Å²) >= 11 is 3.28. The van der Waals surface area contributed by atoms with E-state index in [-0.39, 0.29) is 22.6 Å². The van der Waals surface area contributed by atoms with Gasteiger partial charge in [0.2, 0.25) is 0 Å². The highest BCUT2D eigenvalue weighted by atomic mass is 79.9. The van der Waals surface area contributed by atoms with Crippen LogP contribution in [0.3, 0.4) is 0 Å². The summed E-state index contributed by atoms with van der Waals surface area (Å²) in [5.41, 5.74) is 1.42. The van der Waals surface area contributed by atoms with E-state index in [9.17, 15) is 14.0 Å². The molecule has 32 heavy (non-hydrogen) atoms. The quantitative estimate of drug-likeness (QED) is 0.352. The summed E-state index contributed by atoms with van der Waals surface area (Å²) in [6.45, 7) is 1.82. The van der Waals surface area contributed by atoms with E-state index in [1.54, 1.807) is 50.6 Å². The third-order valence-corrected chi connectivity index (χ3v) is 5.04. The van der Waals surface area contributed by atoms with E-state index in [2.05, 4.69) is 31.5 Å². The molecule has 0 aliphatic rings. The molecule has 0 atom stereocenters. The van der Waals surface area contributed by atoms with E-state index in [0.717, 1.165) is 16.1 Å². The van der Waals surface area contributed by atoms with Gasteiger partial charge < -0.3 is 15.5 Å². The molecule has 3 aromatic rings. The fourth-order valence-corrected chi connectivity index (χ4v) is 3.12. The van der Waals surface area contributed by atoms with Gasteiger partial charge in [-0.05, 0) is 59.3 Å². The molecule has 164 valence electrons. The molecule has 0 spiro atoms. The van der Waals surface area contributed by atoms with Gasteiger partial charge in [-0.3, -0.25) is 15.0 Å². The lowest BCUT2D eigenvalue weighted by molar-refractivity contribution is 0.102. The Morgan fingerprint density at radius 3 is 2.34 bits per heavy atom. The Morgan fingerprint density at radius 2 is 1.72 bits per heavy atom. The Morgan fingerprint density at radius 1 is 1.00 bits per heavy atom. The van der Waals surface area contributed by atoms with Crippen molar-refractivity contribution in [1.82, 2.24) is 9.88 Å². The summed E-state index contributed by atoms with van der Waals surface area (Å²) in [5, 5.41) is 13.2. The number of carbonyl (C=O) groups is 2. The van der Waals surface area contributed by atoms with Gasteiger partial charge in [0.25, 0.3) is 11.8 Å². The summed E-state index contributed by atoms with van der Waals surface area (Å²) in [6.07, 6.45) is 1.55. The molecule has 0 unspecified atom stereocenters. The van der Waals surface area contributed by atoms with Crippen LogP contribution in [-0.4, -0.2) is 41.6 Å². The first-order chi connectivity index (χ1) is 15.2. The van der Waals surface area contributed by atoms with Crippen LogP contribution in [0.15, 0.2) is 59.2 Å². The van der Waals surface area contributed by atoms with Crippen LogP contribution in [0.2, 0.25) is 0 Å². The first kappa shape index (κ1) is 23.1. The van der Waals surface area contributed by atoms with Crippen LogP contribution in [0.5, 0.6) is 0 Å². The van der Waals surface area contributed by atoms with Crippen molar-refractivity contribution in [3.8, 4) is 0 Å². The number of hydrogen-bond acceptors (Lipinski definition) is 4. The third-order valence-electron chi connectivity index (χ3n) is 4.57. The lowest BCUT2D eigenvalue weighted by atomic mass is 10.1. The van der Waals surface area contributed by atoms with Gasteiger partial charge in [0.05, 0.1) is 16.8 Å². The number of pyridine rings is 1. The summed E-state index contributed by atoms with van der Waals surface area (Å²) in [7, 11) is 3.35. The van der Waals surface area contributed by atoms with Gasteiger partial charge in [-0.25, -0.2) is 9.37 Å². The topological polar surface area (TPSA) is 98.2 Å². The van der Waals surface area contributed by atoms with Crippen LogP contribution in [-0.2, 0) is 0 Å². The summed E-state index contributed by atoms with van der Waals surface area (Å²) in [5.74, 6) is -1.46. The number of aromatic nitrogens is 1. The number of aryl methyl sites for hydroxylation is 1. The van der Waals surface area contributed by atoms with Crippen molar-refractivity contribution in [2.75, 3.05) is 24.7 Å². The van der Waals surface area contributed by atoms with Crippen LogP contribution < -0.4 is 10.6 Å². The number of hydrogen-bond donors (Lipinski definition) is 3. The molecular formula is C23H21BrFN5O2. The van der Waals surface area contributed by atoms with Gasteiger partial charge in [0.1, 0.15) is 17.5 Å². The number of nitrogens with zero attached hydrogens (tertiary/aromatic N) is 2. The summed E-state index contributed by atoms with van der Waals surface area (Å²) < 4.78 is 15.4. The van der Waals surface area contributed by atoms with Crippen molar-refractivity contribution in [3.63, 3.8) is 0 Å². The standard InChI is InChI=1S/C23H21BrFN5O2/c1-13-4-8-19(17(10-13)23(32)29-20-9-6-15(24)12-27-20)28-22(31)16-7-5-14(11-18(16)25)21(26)30(2)3/h4-12,26H,1-3H3,(H,28,31)(H,27,29,32). The Bertz CT molecular complexity index is 1200. The zero-order chi connectivity index (χ0) is 23.4. The minimum atomic E-state index is -0.760. The zero-order valence-corrected chi connectivity index (χ0v) is 19.2. The number of carbonyl (C=O) groups excluding carboxylic acids is 2. The van der Waals surface area contributed by atoms with Crippen LogP contribution in [0.1, 0.15) is 31.8 Å². The fraction of sp³-hybridized carbons (Fsp3) is 0.130. The number of benzene rings is 2. The molecule has 2 aromatic carbocycles. The number of amidine groups is 1. The Labute approximate surface area is 193 Å². The second kappa shape index (κ2) is 9.69. The highest BCUT2D eigenvalue weighted by Gasteiger charge is 2.18. The van der Waals surface area contributed by atoms with Crippen molar-refractivity contribution in [2.24, 2.45) is 0 Å². The van der Waals surface area contributed by atoms with Gasteiger partial charge in [0, 0.05) is 30.3 Å². The molecule has 0 radical (unpaired) electrons. The molecule has 0 saturated carbocycles. The monoisotopic (exact) mass is 497 g/mol. The Balaban J connectivity index is 1.84. The summed E-state index contributed by atoms with van der Waals surface area (Å²) in [6, 6.07) is 12.3. The second-order valence-corrected chi connectivity index (χ2v) is 8.17. The largest absolute Gasteiger partial charge is 0.363 e. The molecule has 9 heteroatoms. The van der Waals surface area contributed by atoms with E-state index >= 15 is 0 Å². The molecule has 2 amide bonds. The van der Waals surface area contributed by atoms with E-state index in [1.807, 2.05) is 6.92 Å². The molecular weight excluding hydrogens is 477 g/mol. The van der Waals surface area contributed by atoms with E-state index in [4.69, 9.17) is 5.41 Å². The SMILES string of the molecule is Cc1ccc(NC(=O)c2ccc(C(=N)N(C)C)cc2F)c(C(=O)Nc2ccc(Br)cn2)c1. The molecule has 0 fully saturated rings. The predicted molar refractivity (Wildman–Crippen MR) is 126 cm³/mol. The van der Waals surface area contributed by atoms with Gasteiger partial charge in [-0.2, -0.15) is 0 Å². The highest BCUT2D eigenvalue weighted by molar-refractivity contribution is 9.10. The highest BCUT2D eigenvalue weighted by Crippen LogP contribution is 2.21. The molecule has 7 nitrogen and oxygen atoms in total. The van der Waals surface area contributed by atoms with E-state index in [1.165, 1.54) is 17.0 Å². The normalized spacial score (nSPS) is 10.4. The molecule has 0 aliphatic heterocycles. The summed E-state index contributed by atoms with van der Waals surface area (Å²) in [4.78, 5) is 31.2. The molecule has 3 rings (SSSR count). The van der Waals surface area contributed by atoms with Crippen molar-refractivity contribution >= 4 is 45.1 Å². The molecule has 0 bridgehead atoms. The van der Waals surface area contributed by atoms with Crippen molar-refractivity contribution in [1.29, 1.82) is 5.41 Å². The van der Waals surface area contributed by atoms with Gasteiger partial charge >= 0.3 is 0 Å². The molecule has 3 N–H and O–H groups in total. The number of halogens is 2. The number of anilines is 2. The van der Waals surface area contributed by atoms with E-state index in [0.29, 0.717) is 11.4 Å². The smallest absolute Gasteiger partial charge is 0.258 e. The number of rotatable bonds is 5. The van der Waals surface area contributed by atoms with Crippen LogP contribution in [0.25, 0.3) is 0 Å². The first-order valence-corrected chi connectivity index (χ1v) is 10.4. The fourth-order valence-electron chi connectivity index (χ4n) is 2.88. The van der Waals surface area contributed by atoms with E-state index < -0.39 is 17.6 Å². The minimum absolute atomic E-state index is 0.120. The first-order valence-electron chi connectivity index (χ1n) is 9.56. The zero-order valence-electron chi connectivity index (χ0n) is 17.7. The maximum atomic E-state index is 14.6. The molecule has 0 aliphatic carbocycles. The number of amides is 2. The van der Waals surface area contributed by atoms with Crippen molar-refractivity contribution < 1.29 is 14.0 Å². The van der Waals surface area contributed by atoms with Crippen LogP contribution >= 0.6 is 15.9 Å². The average Bonchev–Trinajstić information content (AvgIpc) is 2.75. The van der Waals surface area contributed by atoms with Gasteiger partial charge in [0.15, 0.2) is 0 Å². The lowest BCUT2D eigenvalue weighted by Crippen LogP contribution is -2.23. The number of nitrogens with one attached hydrogen (secondary N) is 3. The average molecular weight is 498 g/mol. The van der Waals surface area contributed by atoms with Crippen molar-refractivity contribution in [3.05, 3.63) is 87.3 Å². The predicted octanol–water partition coefficient (Wildman–Crippen LogP) is 4.68. The Kier molecular flexibility index (Phi) is 6.99. The minimum Gasteiger partial charge on any atom is -0.363 e. The second-order valence-electron chi connectivity index (χ2n) is 7.26. The molecule has 0 saturated heterocycles. The van der Waals surface area contributed by atoms with Crippen molar-refractivity contribution in [2.45, 2.75) is 6.92 Å². The third kappa shape index (κ3) is 5.36. The maximum absolute atomic E-state index is 14.6. The molecule has 1 heterocycles. The van der Waals surface area contributed by atoms with Gasteiger partial charge in [-0.1, -0.05) is 17.7 Å². The lowest BCUT2D eigenvalue weighted by Gasteiger charge is -2.15. The van der Waals surface area contributed by atoms with Gasteiger partial charge in [-0.15, -0.1) is 0 Å². The Hall–Kier alpha value is -3.59. The van der Waals surface area contributed by atoms with Crippen LogP contribution in [0, 0.1) is 18.2 Å².